The lowest BCUT2D eigenvalue weighted by molar-refractivity contribution is 0.186. The van der Waals surface area contributed by atoms with Crippen molar-refractivity contribution in [3.63, 3.8) is 0 Å². The number of halogens is 2. The van der Waals surface area contributed by atoms with Gasteiger partial charge in [-0.2, -0.15) is 4.31 Å². The van der Waals surface area contributed by atoms with Crippen LogP contribution in [0.5, 0.6) is 0 Å². The zero-order valence-electron chi connectivity index (χ0n) is 10.8. The van der Waals surface area contributed by atoms with Crippen LogP contribution < -0.4 is 5.32 Å². The predicted molar refractivity (Wildman–Crippen MR) is 77.3 cm³/mol. The Labute approximate surface area is 123 Å². The van der Waals surface area contributed by atoms with E-state index in [-0.39, 0.29) is 14.9 Å². The molecule has 0 radical (unpaired) electrons. The van der Waals surface area contributed by atoms with Crippen LogP contribution in [0.2, 0.25) is 10.0 Å². The van der Waals surface area contributed by atoms with Gasteiger partial charge in [-0.15, -0.1) is 0 Å². The van der Waals surface area contributed by atoms with Crippen molar-refractivity contribution in [2.45, 2.75) is 24.3 Å². The molecule has 0 aliphatic carbocycles. The molecule has 4 nitrogen and oxygen atoms in total. The van der Waals surface area contributed by atoms with Gasteiger partial charge in [-0.1, -0.05) is 29.3 Å². The summed E-state index contributed by atoms with van der Waals surface area (Å²) in [6, 6.07) is 4.71. The summed E-state index contributed by atoms with van der Waals surface area (Å²) in [4.78, 5) is -0.00620. The first-order chi connectivity index (χ1) is 8.77. The monoisotopic (exact) mass is 322 g/mol. The van der Waals surface area contributed by atoms with Crippen LogP contribution in [0.25, 0.3) is 0 Å². The second-order valence-electron chi connectivity index (χ2n) is 5.12. The third kappa shape index (κ3) is 2.76. The molecule has 1 saturated heterocycles. The Morgan fingerprint density at radius 1 is 1.26 bits per heavy atom. The molecule has 2 rings (SSSR count). The van der Waals surface area contributed by atoms with Crippen molar-refractivity contribution < 1.29 is 8.42 Å². The van der Waals surface area contributed by atoms with E-state index in [1.54, 1.807) is 6.07 Å². The number of hydrogen-bond donors (Lipinski definition) is 1. The summed E-state index contributed by atoms with van der Waals surface area (Å²) in [6.07, 6.45) is 0. The van der Waals surface area contributed by atoms with Crippen LogP contribution in [0, 0.1) is 0 Å². The average Bonchev–Trinajstić information content (AvgIpc) is 2.27. The topological polar surface area (TPSA) is 49.4 Å². The molecule has 106 valence electrons. The number of hydrogen-bond acceptors (Lipinski definition) is 3. The van der Waals surface area contributed by atoms with Gasteiger partial charge in [-0.25, -0.2) is 8.42 Å². The minimum atomic E-state index is -3.70. The molecule has 1 aliphatic rings. The summed E-state index contributed by atoms with van der Waals surface area (Å²) in [7, 11) is -3.70. The Bertz CT molecular complexity index is 567. The highest BCUT2D eigenvalue weighted by molar-refractivity contribution is 7.89. The number of rotatable bonds is 2. The van der Waals surface area contributed by atoms with E-state index in [0.29, 0.717) is 19.6 Å². The third-order valence-corrected chi connectivity index (χ3v) is 6.26. The van der Waals surface area contributed by atoms with Crippen LogP contribution in [0.15, 0.2) is 23.1 Å². The molecule has 0 atom stereocenters. The van der Waals surface area contributed by atoms with Gasteiger partial charge < -0.3 is 5.32 Å². The van der Waals surface area contributed by atoms with Gasteiger partial charge in [-0.05, 0) is 26.0 Å². The molecule has 0 aromatic heterocycles. The van der Waals surface area contributed by atoms with Crippen LogP contribution in [0.4, 0.5) is 0 Å². The second-order valence-corrected chi connectivity index (χ2v) is 7.73. The lowest BCUT2D eigenvalue weighted by atomic mass is 10.0. The Balaban J connectivity index is 2.54. The highest BCUT2D eigenvalue weighted by atomic mass is 35.5. The van der Waals surface area contributed by atoms with E-state index >= 15 is 0 Å². The van der Waals surface area contributed by atoms with Gasteiger partial charge in [0.15, 0.2) is 0 Å². The van der Waals surface area contributed by atoms with Crippen LogP contribution in [0.3, 0.4) is 0 Å². The molecule has 0 bridgehead atoms. The van der Waals surface area contributed by atoms with Crippen molar-refractivity contribution in [3.8, 4) is 0 Å². The van der Waals surface area contributed by atoms with Gasteiger partial charge in [-0.3, -0.25) is 0 Å². The Hall–Kier alpha value is -0.330. The highest BCUT2D eigenvalue weighted by Gasteiger charge is 2.40. The number of sulfonamides is 1. The zero-order valence-corrected chi connectivity index (χ0v) is 13.1. The molecule has 7 heteroatoms. The zero-order chi connectivity index (χ0) is 14.3. The van der Waals surface area contributed by atoms with Gasteiger partial charge >= 0.3 is 0 Å². The molecule has 0 saturated carbocycles. The van der Waals surface area contributed by atoms with Gasteiger partial charge in [0, 0.05) is 25.2 Å². The molecular weight excluding hydrogens is 307 g/mol. The van der Waals surface area contributed by atoms with Crippen molar-refractivity contribution in [1.82, 2.24) is 9.62 Å². The third-order valence-electron chi connectivity index (χ3n) is 3.19. The summed E-state index contributed by atoms with van der Waals surface area (Å²) in [5.74, 6) is 0. The SMILES string of the molecule is CC1(C)CNCCN1S(=O)(=O)c1c(Cl)cccc1Cl. The Kier molecular flexibility index (Phi) is 4.14. The van der Waals surface area contributed by atoms with E-state index in [0.717, 1.165) is 0 Å². The smallest absolute Gasteiger partial charge is 0.246 e. The van der Waals surface area contributed by atoms with E-state index in [9.17, 15) is 8.42 Å². The highest BCUT2D eigenvalue weighted by Crippen LogP contribution is 2.34. The largest absolute Gasteiger partial charge is 0.314 e. The lowest BCUT2D eigenvalue weighted by Crippen LogP contribution is -2.59. The molecule has 0 unspecified atom stereocenters. The molecule has 1 aromatic carbocycles. The molecule has 19 heavy (non-hydrogen) atoms. The first kappa shape index (κ1) is 15.1. The summed E-state index contributed by atoms with van der Waals surface area (Å²) in [5.41, 5.74) is -0.514. The van der Waals surface area contributed by atoms with E-state index in [1.165, 1.54) is 16.4 Å². The van der Waals surface area contributed by atoms with E-state index < -0.39 is 15.6 Å². The summed E-state index contributed by atoms with van der Waals surface area (Å²) < 4.78 is 27.0. The van der Waals surface area contributed by atoms with Crippen molar-refractivity contribution in [2.24, 2.45) is 0 Å². The van der Waals surface area contributed by atoms with Gasteiger partial charge in [0.1, 0.15) is 4.90 Å². The minimum absolute atomic E-state index is 0.00620. The molecule has 0 amide bonds. The van der Waals surface area contributed by atoms with Gasteiger partial charge in [0.05, 0.1) is 10.0 Å². The fourth-order valence-corrected chi connectivity index (χ4v) is 5.13. The molecule has 1 aromatic rings. The first-order valence-electron chi connectivity index (χ1n) is 5.94. The fraction of sp³-hybridized carbons (Fsp3) is 0.500. The quantitative estimate of drug-likeness (QED) is 0.909. The maximum absolute atomic E-state index is 12.8. The number of nitrogens with zero attached hydrogens (tertiary/aromatic N) is 1. The number of piperazine rings is 1. The Morgan fingerprint density at radius 2 is 1.84 bits per heavy atom. The molecule has 1 aliphatic heterocycles. The normalized spacial score (nSPS) is 20.4. The van der Waals surface area contributed by atoms with Crippen LogP contribution >= 0.6 is 23.2 Å². The van der Waals surface area contributed by atoms with Crippen LogP contribution in [0.1, 0.15) is 13.8 Å². The lowest BCUT2D eigenvalue weighted by Gasteiger charge is -2.41. The second kappa shape index (κ2) is 5.22. The van der Waals surface area contributed by atoms with Gasteiger partial charge in [0.25, 0.3) is 0 Å². The number of nitrogens with one attached hydrogen (secondary N) is 1. The Morgan fingerprint density at radius 3 is 2.37 bits per heavy atom. The fourth-order valence-electron chi connectivity index (χ4n) is 2.25. The van der Waals surface area contributed by atoms with Crippen LogP contribution in [-0.4, -0.2) is 37.9 Å². The molecule has 1 fully saturated rings. The molecular formula is C12H16Cl2N2O2S. The van der Waals surface area contributed by atoms with Crippen molar-refractivity contribution in [2.75, 3.05) is 19.6 Å². The van der Waals surface area contributed by atoms with Gasteiger partial charge in [0.2, 0.25) is 10.0 Å². The van der Waals surface area contributed by atoms with E-state index in [1.807, 2.05) is 13.8 Å². The van der Waals surface area contributed by atoms with Crippen molar-refractivity contribution in [1.29, 1.82) is 0 Å². The minimum Gasteiger partial charge on any atom is -0.314 e. The molecule has 1 N–H and O–H groups in total. The van der Waals surface area contributed by atoms with E-state index in [2.05, 4.69) is 5.32 Å². The summed E-state index contributed by atoms with van der Waals surface area (Å²) in [6.45, 7) is 5.36. The summed E-state index contributed by atoms with van der Waals surface area (Å²) >= 11 is 12.0. The van der Waals surface area contributed by atoms with E-state index in [4.69, 9.17) is 23.2 Å². The maximum Gasteiger partial charge on any atom is 0.246 e. The average molecular weight is 323 g/mol. The summed E-state index contributed by atoms with van der Waals surface area (Å²) in [5, 5.41) is 3.49. The standard InChI is InChI=1S/C12H16Cl2N2O2S/c1-12(2)8-15-6-7-16(12)19(17,18)11-9(13)4-3-5-10(11)14/h3-5,15H,6-8H2,1-2H3. The van der Waals surface area contributed by atoms with Crippen molar-refractivity contribution >= 4 is 33.2 Å². The first-order valence-corrected chi connectivity index (χ1v) is 8.14. The van der Waals surface area contributed by atoms with Crippen LogP contribution in [-0.2, 0) is 10.0 Å². The molecule has 1 heterocycles. The molecule has 0 spiro atoms. The maximum atomic E-state index is 12.8. The van der Waals surface area contributed by atoms with Crippen molar-refractivity contribution in [3.05, 3.63) is 28.2 Å². The predicted octanol–water partition coefficient (Wildman–Crippen LogP) is 2.37. The number of benzene rings is 1.